The van der Waals surface area contributed by atoms with Crippen molar-refractivity contribution in [2.24, 2.45) is 0 Å². The standard InChI is InChI=1S/C15H14F2N4O3/c16-11-3-1-2-10(6-11)7-21-8-12(18-19-21)13(22)20-5-4-15(17,9-20)14(23)24/h1-3,6,8H,4-5,7,9H2,(H,23,24). The molecule has 0 aliphatic carbocycles. The Hall–Kier alpha value is -2.84. The van der Waals surface area contributed by atoms with E-state index in [1.165, 1.54) is 23.0 Å². The van der Waals surface area contributed by atoms with Crippen molar-refractivity contribution in [3.05, 3.63) is 47.5 Å². The number of carboxylic acids is 1. The Bertz CT molecular complexity index is 795. The molecule has 9 heteroatoms. The summed E-state index contributed by atoms with van der Waals surface area (Å²) in [6.45, 7) is -0.295. The van der Waals surface area contributed by atoms with E-state index in [0.29, 0.717) is 5.56 Å². The summed E-state index contributed by atoms with van der Waals surface area (Å²) in [7, 11) is 0. The summed E-state index contributed by atoms with van der Waals surface area (Å²) in [5.41, 5.74) is -1.79. The Kier molecular flexibility index (Phi) is 4.00. The van der Waals surface area contributed by atoms with E-state index >= 15 is 0 Å². The number of alkyl halides is 1. The molecular formula is C15H14F2N4O3. The van der Waals surface area contributed by atoms with Crippen LogP contribution >= 0.6 is 0 Å². The minimum Gasteiger partial charge on any atom is -0.479 e. The van der Waals surface area contributed by atoms with E-state index in [-0.39, 0.29) is 31.0 Å². The fraction of sp³-hybridized carbons (Fsp3) is 0.333. The van der Waals surface area contributed by atoms with E-state index in [2.05, 4.69) is 10.3 Å². The number of aliphatic carboxylic acids is 1. The molecule has 0 bridgehead atoms. The van der Waals surface area contributed by atoms with Gasteiger partial charge in [0.15, 0.2) is 5.69 Å². The Morgan fingerprint density at radius 2 is 2.17 bits per heavy atom. The predicted octanol–water partition coefficient (Wildman–Crippen LogP) is 1.10. The lowest BCUT2D eigenvalue weighted by Gasteiger charge is -2.16. The van der Waals surface area contributed by atoms with Crippen LogP contribution in [0.5, 0.6) is 0 Å². The van der Waals surface area contributed by atoms with E-state index in [4.69, 9.17) is 5.11 Å². The number of halogens is 2. The second-order valence-corrected chi connectivity index (χ2v) is 5.68. The molecule has 1 saturated heterocycles. The first-order valence-corrected chi connectivity index (χ1v) is 7.23. The number of rotatable bonds is 4. The summed E-state index contributed by atoms with van der Waals surface area (Å²) in [4.78, 5) is 24.3. The molecule has 1 aromatic carbocycles. The SMILES string of the molecule is O=C(c1cn(Cc2cccc(F)c2)nn1)N1CCC(F)(C(=O)O)C1. The number of nitrogens with zero attached hydrogens (tertiary/aromatic N) is 4. The zero-order valence-electron chi connectivity index (χ0n) is 12.5. The Labute approximate surface area is 135 Å². The maximum Gasteiger partial charge on any atom is 0.343 e. The highest BCUT2D eigenvalue weighted by Gasteiger charge is 2.47. The molecule has 1 N–H and O–H groups in total. The molecule has 3 rings (SSSR count). The number of hydrogen-bond donors (Lipinski definition) is 1. The summed E-state index contributed by atoms with van der Waals surface area (Å²) in [6.07, 6.45) is 1.11. The number of carbonyl (C=O) groups excluding carboxylic acids is 1. The van der Waals surface area contributed by atoms with Crippen molar-refractivity contribution >= 4 is 11.9 Å². The first kappa shape index (κ1) is 16.0. The van der Waals surface area contributed by atoms with Crippen LogP contribution in [0.4, 0.5) is 8.78 Å². The fourth-order valence-electron chi connectivity index (χ4n) is 2.58. The largest absolute Gasteiger partial charge is 0.479 e. The number of carboxylic acid groups (broad SMARTS) is 1. The molecule has 1 amide bonds. The van der Waals surface area contributed by atoms with E-state index in [0.717, 1.165) is 4.90 Å². The van der Waals surface area contributed by atoms with Crippen LogP contribution in [-0.2, 0) is 11.3 Å². The second-order valence-electron chi connectivity index (χ2n) is 5.68. The third-order valence-corrected chi connectivity index (χ3v) is 3.88. The highest BCUT2D eigenvalue weighted by Crippen LogP contribution is 2.26. The fourth-order valence-corrected chi connectivity index (χ4v) is 2.58. The van der Waals surface area contributed by atoms with Gasteiger partial charge in [-0.2, -0.15) is 0 Å². The Balaban J connectivity index is 1.69. The predicted molar refractivity (Wildman–Crippen MR) is 77.5 cm³/mol. The first-order valence-electron chi connectivity index (χ1n) is 7.23. The van der Waals surface area contributed by atoms with Gasteiger partial charge in [-0.1, -0.05) is 17.3 Å². The molecule has 1 aliphatic heterocycles. The summed E-state index contributed by atoms with van der Waals surface area (Å²) < 4.78 is 28.5. The molecule has 1 aromatic heterocycles. The lowest BCUT2D eigenvalue weighted by Crippen LogP contribution is -2.39. The van der Waals surface area contributed by atoms with E-state index in [9.17, 15) is 18.4 Å². The van der Waals surface area contributed by atoms with E-state index in [1.54, 1.807) is 12.1 Å². The average molecular weight is 336 g/mol. The van der Waals surface area contributed by atoms with Gasteiger partial charge in [-0.05, 0) is 17.7 Å². The van der Waals surface area contributed by atoms with Crippen molar-refractivity contribution in [3.63, 3.8) is 0 Å². The molecule has 126 valence electrons. The van der Waals surface area contributed by atoms with Gasteiger partial charge in [0.1, 0.15) is 5.82 Å². The van der Waals surface area contributed by atoms with Crippen molar-refractivity contribution < 1.29 is 23.5 Å². The number of aromatic nitrogens is 3. The van der Waals surface area contributed by atoms with Crippen LogP contribution in [-0.4, -0.2) is 55.6 Å². The van der Waals surface area contributed by atoms with Gasteiger partial charge in [-0.15, -0.1) is 5.10 Å². The van der Waals surface area contributed by atoms with Gasteiger partial charge in [0, 0.05) is 13.0 Å². The Morgan fingerprint density at radius 1 is 1.38 bits per heavy atom. The van der Waals surface area contributed by atoms with Crippen molar-refractivity contribution in [1.29, 1.82) is 0 Å². The van der Waals surface area contributed by atoms with Gasteiger partial charge in [0.25, 0.3) is 5.91 Å². The zero-order chi connectivity index (χ0) is 17.3. The quantitative estimate of drug-likeness (QED) is 0.903. The van der Waals surface area contributed by atoms with Crippen LogP contribution in [0.1, 0.15) is 22.5 Å². The third-order valence-electron chi connectivity index (χ3n) is 3.88. The van der Waals surface area contributed by atoms with Crippen LogP contribution in [0.2, 0.25) is 0 Å². The van der Waals surface area contributed by atoms with Crippen LogP contribution in [0.15, 0.2) is 30.5 Å². The maximum atomic E-state index is 14.0. The van der Waals surface area contributed by atoms with Gasteiger partial charge >= 0.3 is 5.97 Å². The Morgan fingerprint density at radius 3 is 2.83 bits per heavy atom. The van der Waals surface area contributed by atoms with Crippen LogP contribution in [0.25, 0.3) is 0 Å². The second kappa shape index (κ2) is 5.99. The van der Waals surface area contributed by atoms with Crippen LogP contribution in [0, 0.1) is 5.82 Å². The molecule has 2 heterocycles. The minimum absolute atomic E-state index is 0.00160. The van der Waals surface area contributed by atoms with E-state index < -0.39 is 24.1 Å². The van der Waals surface area contributed by atoms with Gasteiger partial charge in [-0.25, -0.2) is 18.3 Å². The minimum atomic E-state index is -2.42. The molecule has 7 nitrogen and oxygen atoms in total. The number of likely N-dealkylation sites (tertiary alicyclic amines) is 1. The highest BCUT2D eigenvalue weighted by molar-refractivity contribution is 5.93. The summed E-state index contributed by atoms with van der Waals surface area (Å²) in [6, 6.07) is 5.93. The van der Waals surface area contributed by atoms with Crippen molar-refractivity contribution in [2.75, 3.05) is 13.1 Å². The van der Waals surface area contributed by atoms with Gasteiger partial charge in [0.05, 0.1) is 19.3 Å². The molecule has 24 heavy (non-hydrogen) atoms. The molecule has 1 unspecified atom stereocenters. The molecule has 1 aliphatic rings. The monoisotopic (exact) mass is 336 g/mol. The average Bonchev–Trinajstić information content (AvgIpc) is 3.14. The summed E-state index contributed by atoms with van der Waals surface area (Å²) >= 11 is 0. The first-order chi connectivity index (χ1) is 11.4. The number of benzene rings is 1. The third kappa shape index (κ3) is 3.10. The van der Waals surface area contributed by atoms with Crippen molar-refractivity contribution in [1.82, 2.24) is 19.9 Å². The molecule has 0 spiro atoms. The summed E-state index contributed by atoms with van der Waals surface area (Å²) in [5, 5.41) is 16.4. The van der Waals surface area contributed by atoms with Crippen molar-refractivity contribution in [3.8, 4) is 0 Å². The molecule has 1 fully saturated rings. The molecule has 0 radical (unpaired) electrons. The van der Waals surface area contributed by atoms with Gasteiger partial charge in [-0.3, -0.25) is 4.79 Å². The number of carbonyl (C=O) groups is 2. The molecule has 2 aromatic rings. The molecular weight excluding hydrogens is 322 g/mol. The lowest BCUT2D eigenvalue weighted by atomic mass is 10.1. The smallest absolute Gasteiger partial charge is 0.343 e. The maximum absolute atomic E-state index is 14.0. The van der Waals surface area contributed by atoms with Gasteiger partial charge < -0.3 is 10.0 Å². The number of hydrogen-bond acceptors (Lipinski definition) is 4. The number of amides is 1. The van der Waals surface area contributed by atoms with Crippen molar-refractivity contribution in [2.45, 2.75) is 18.6 Å². The normalized spacial score (nSPS) is 20.3. The zero-order valence-corrected chi connectivity index (χ0v) is 12.5. The topological polar surface area (TPSA) is 88.3 Å². The van der Waals surface area contributed by atoms with E-state index in [1.807, 2.05) is 0 Å². The highest BCUT2D eigenvalue weighted by atomic mass is 19.1. The molecule has 0 saturated carbocycles. The van der Waals surface area contributed by atoms with Crippen LogP contribution < -0.4 is 0 Å². The van der Waals surface area contributed by atoms with Gasteiger partial charge in [0.2, 0.25) is 5.67 Å². The van der Waals surface area contributed by atoms with Crippen LogP contribution in [0.3, 0.4) is 0 Å². The molecule has 1 atom stereocenters. The lowest BCUT2D eigenvalue weighted by molar-refractivity contribution is -0.149. The summed E-state index contributed by atoms with van der Waals surface area (Å²) in [5.74, 6) is -2.54.